The molecule has 24 heavy (non-hydrogen) atoms. The summed E-state index contributed by atoms with van der Waals surface area (Å²) in [5, 5.41) is 0.713. The van der Waals surface area contributed by atoms with Crippen molar-refractivity contribution in [1.29, 1.82) is 0 Å². The molecular weight excluding hydrogens is 318 g/mol. The molecule has 1 aromatic heterocycles. The maximum Gasteiger partial charge on any atom is 0.256 e. The van der Waals surface area contributed by atoms with Crippen LogP contribution in [0, 0.1) is 0 Å². The Morgan fingerprint density at radius 1 is 1.25 bits per heavy atom. The molecule has 128 valence electrons. The molecule has 1 aromatic carbocycles. The molecule has 0 bridgehead atoms. The lowest BCUT2D eigenvalue weighted by Crippen LogP contribution is -2.35. The van der Waals surface area contributed by atoms with Crippen LogP contribution in [0.25, 0.3) is 0 Å². The average Bonchev–Trinajstić information content (AvgIpc) is 2.55. The third kappa shape index (κ3) is 3.73. The number of benzene rings is 1. The second-order valence-corrected chi connectivity index (χ2v) is 8.20. The molecule has 0 amide bonds. The fourth-order valence-electron chi connectivity index (χ4n) is 3.06. The molecule has 3 rings (SSSR count). The lowest BCUT2D eigenvalue weighted by atomic mass is 9.86. The number of nitrogens with zero attached hydrogens (tertiary/aromatic N) is 2. The molecule has 1 N–H and O–H groups in total. The molecule has 0 radical (unpaired) electrons. The lowest BCUT2D eigenvalue weighted by Gasteiger charge is -2.28. The van der Waals surface area contributed by atoms with Gasteiger partial charge in [-0.15, -0.1) is 0 Å². The van der Waals surface area contributed by atoms with Crippen LogP contribution in [-0.2, 0) is 24.9 Å². The zero-order chi connectivity index (χ0) is 17.3. The Bertz CT molecular complexity index is 775. The van der Waals surface area contributed by atoms with E-state index in [1.165, 1.54) is 22.9 Å². The van der Waals surface area contributed by atoms with E-state index in [1.807, 2.05) is 6.26 Å². The normalized spacial score (nSPS) is 15.3. The van der Waals surface area contributed by atoms with Gasteiger partial charge < -0.3 is 4.98 Å². The maximum atomic E-state index is 12.3. The number of nitrogens with one attached hydrogen (secondary N) is 1. The first-order valence-corrected chi connectivity index (χ1v) is 9.57. The fourth-order valence-corrected chi connectivity index (χ4v) is 3.45. The minimum absolute atomic E-state index is 0.0112. The SMILES string of the molecule is CSc1nc2c(c(=O)[nH]1)CN(Cc1ccc(C(C)(C)C)cc1)CC2. The van der Waals surface area contributed by atoms with Crippen molar-refractivity contribution in [3.05, 3.63) is 57.0 Å². The predicted octanol–water partition coefficient (Wildman–Crippen LogP) is 3.35. The molecule has 0 unspecified atom stereocenters. The third-order valence-corrected chi connectivity index (χ3v) is 5.13. The molecule has 1 aliphatic heterocycles. The van der Waals surface area contributed by atoms with Crippen LogP contribution in [0.3, 0.4) is 0 Å². The first-order chi connectivity index (χ1) is 11.4. The van der Waals surface area contributed by atoms with Crippen molar-refractivity contribution in [2.24, 2.45) is 0 Å². The van der Waals surface area contributed by atoms with Gasteiger partial charge in [-0.25, -0.2) is 4.98 Å². The Morgan fingerprint density at radius 3 is 2.58 bits per heavy atom. The van der Waals surface area contributed by atoms with Crippen LogP contribution in [-0.4, -0.2) is 27.7 Å². The largest absolute Gasteiger partial charge is 0.301 e. The van der Waals surface area contributed by atoms with Crippen molar-refractivity contribution < 1.29 is 0 Å². The molecule has 2 aromatic rings. The predicted molar refractivity (Wildman–Crippen MR) is 99.6 cm³/mol. The van der Waals surface area contributed by atoms with Crippen molar-refractivity contribution in [3.63, 3.8) is 0 Å². The van der Waals surface area contributed by atoms with E-state index >= 15 is 0 Å². The Kier molecular flexibility index (Phi) is 4.83. The molecule has 0 fully saturated rings. The van der Waals surface area contributed by atoms with Gasteiger partial charge in [0.2, 0.25) is 0 Å². The van der Waals surface area contributed by atoms with E-state index in [4.69, 9.17) is 0 Å². The number of aromatic nitrogens is 2. The minimum Gasteiger partial charge on any atom is -0.301 e. The Balaban J connectivity index is 1.73. The number of rotatable bonds is 3. The molecule has 0 saturated carbocycles. The molecule has 1 aliphatic rings. The van der Waals surface area contributed by atoms with E-state index in [9.17, 15) is 4.79 Å². The maximum absolute atomic E-state index is 12.3. The molecular formula is C19H25N3OS. The zero-order valence-electron chi connectivity index (χ0n) is 14.8. The smallest absolute Gasteiger partial charge is 0.256 e. The zero-order valence-corrected chi connectivity index (χ0v) is 15.7. The second kappa shape index (κ2) is 6.73. The minimum atomic E-state index is 0.0112. The van der Waals surface area contributed by atoms with Crippen LogP contribution in [0.15, 0.2) is 34.2 Å². The van der Waals surface area contributed by atoms with Crippen LogP contribution in [0.2, 0.25) is 0 Å². The summed E-state index contributed by atoms with van der Waals surface area (Å²) in [6, 6.07) is 8.84. The van der Waals surface area contributed by atoms with Crippen molar-refractivity contribution in [1.82, 2.24) is 14.9 Å². The van der Waals surface area contributed by atoms with E-state index in [0.717, 1.165) is 30.8 Å². The number of hydrogen-bond donors (Lipinski definition) is 1. The van der Waals surface area contributed by atoms with Gasteiger partial charge in [-0.05, 0) is 22.8 Å². The summed E-state index contributed by atoms with van der Waals surface area (Å²) >= 11 is 1.48. The third-order valence-electron chi connectivity index (χ3n) is 4.55. The van der Waals surface area contributed by atoms with Gasteiger partial charge in [0.15, 0.2) is 5.16 Å². The van der Waals surface area contributed by atoms with Gasteiger partial charge in [0.25, 0.3) is 5.56 Å². The lowest BCUT2D eigenvalue weighted by molar-refractivity contribution is 0.241. The highest BCUT2D eigenvalue weighted by atomic mass is 32.2. The molecule has 0 saturated heterocycles. The fraction of sp³-hybridized carbons (Fsp3) is 0.474. The summed E-state index contributed by atoms with van der Waals surface area (Å²) in [5.41, 5.74) is 4.61. The number of thioether (sulfide) groups is 1. The number of aromatic amines is 1. The van der Waals surface area contributed by atoms with Gasteiger partial charge >= 0.3 is 0 Å². The summed E-state index contributed by atoms with van der Waals surface area (Å²) in [4.78, 5) is 22.0. The highest BCUT2D eigenvalue weighted by Gasteiger charge is 2.21. The Hall–Kier alpha value is -1.59. The molecule has 0 spiro atoms. The van der Waals surface area contributed by atoms with Crippen molar-refractivity contribution in [2.45, 2.75) is 50.9 Å². The van der Waals surface area contributed by atoms with Crippen LogP contribution in [0.4, 0.5) is 0 Å². The summed E-state index contributed by atoms with van der Waals surface area (Å²) in [6.45, 7) is 9.17. The standard InChI is InChI=1S/C19H25N3OS/c1-19(2,3)14-7-5-13(6-8-14)11-22-10-9-16-15(12-22)17(23)21-18(20-16)24-4/h5-8H,9-12H2,1-4H3,(H,20,21,23). The monoisotopic (exact) mass is 343 g/mol. The molecule has 5 heteroatoms. The summed E-state index contributed by atoms with van der Waals surface area (Å²) in [5.74, 6) is 0. The molecule has 4 nitrogen and oxygen atoms in total. The molecule has 0 aliphatic carbocycles. The number of H-pyrrole nitrogens is 1. The van der Waals surface area contributed by atoms with E-state index in [1.54, 1.807) is 0 Å². The number of fused-ring (bicyclic) bond motifs is 1. The second-order valence-electron chi connectivity index (χ2n) is 7.41. The highest BCUT2D eigenvalue weighted by molar-refractivity contribution is 7.98. The van der Waals surface area contributed by atoms with Gasteiger partial charge in [0.1, 0.15) is 0 Å². The van der Waals surface area contributed by atoms with Gasteiger partial charge in [0.05, 0.1) is 11.3 Å². The van der Waals surface area contributed by atoms with Crippen molar-refractivity contribution in [2.75, 3.05) is 12.8 Å². The first kappa shape index (κ1) is 17.2. The molecule has 2 heterocycles. The van der Waals surface area contributed by atoms with Crippen LogP contribution < -0.4 is 5.56 Å². The van der Waals surface area contributed by atoms with Gasteiger partial charge in [-0.3, -0.25) is 9.69 Å². The van der Waals surface area contributed by atoms with Crippen molar-refractivity contribution in [3.8, 4) is 0 Å². The summed E-state index contributed by atoms with van der Waals surface area (Å²) in [6.07, 6.45) is 2.77. The summed E-state index contributed by atoms with van der Waals surface area (Å²) < 4.78 is 0. The number of hydrogen-bond acceptors (Lipinski definition) is 4. The van der Waals surface area contributed by atoms with Crippen LogP contribution in [0.5, 0.6) is 0 Å². The Labute approximate surface area is 147 Å². The van der Waals surface area contributed by atoms with E-state index < -0.39 is 0 Å². The quantitative estimate of drug-likeness (QED) is 0.686. The van der Waals surface area contributed by atoms with Gasteiger partial charge in [-0.2, -0.15) is 0 Å². The van der Waals surface area contributed by atoms with E-state index in [-0.39, 0.29) is 11.0 Å². The molecule has 0 atom stereocenters. The van der Waals surface area contributed by atoms with Crippen LogP contribution >= 0.6 is 11.8 Å². The van der Waals surface area contributed by atoms with Gasteiger partial charge in [0, 0.05) is 26.1 Å². The van der Waals surface area contributed by atoms with Crippen LogP contribution in [0.1, 0.15) is 43.2 Å². The van der Waals surface area contributed by atoms with E-state index in [2.05, 4.69) is 59.9 Å². The van der Waals surface area contributed by atoms with Gasteiger partial charge in [-0.1, -0.05) is 56.8 Å². The average molecular weight is 343 g/mol. The first-order valence-electron chi connectivity index (χ1n) is 8.34. The van der Waals surface area contributed by atoms with Crippen molar-refractivity contribution >= 4 is 11.8 Å². The summed E-state index contributed by atoms with van der Waals surface area (Å²) in [7, 11) is 0. The Morgan fingerprint density at radius 2 is 1.96 bits per heavy atom. The topological polar surface area (TPSA) is 49.0 Å². The highest BCUT2D eigenvalue weighted by Crippen LogP contribution is 2.23. The van der Waals surface area contributed by atoms with E-state index in [0.29, 0.717) is 11.7 Å².